The van der Waals surface area contributed by atoms with Gasteiger partial charge >= 0.3 is 0 Å². The lowest BCUT2D eigenvalue weighted by Crippen LogP contribution is -2.55. The molecule has 0 radical (unpaired) electrons. The minimum atomic E-state index is -0.685. The predicted molar refractivity (Wildman–Crippen MR) is 93.4 cm³/mol. The normalized spacial score (nSPS) is 16.8. The molecular weight excluding hydrogens is 302 g/mol. The Balaban J connectivity index is 1.52. The predicted octanol–water partition coefficient (Wildman–Crippen LogP) is 2.97. The van der Waals surface area contributed by atoms with Crippen molar-refractivity contribution in [2.45, 2.75) is 51.0 Å². The van der Waals surface area contributed by atoms with Crippen molar-refractivity contribution in [1.82, 2.24) is 10.3 Å². The molecule has 0 aliphatic heterocycles. The Morgan fingerprint density at radius 1 is 1.25 bits per heavy atom. The molecule has 128 valence electrons. The summed E-state index contributed by atoms with van der Waals surface area (Å²) in [5.74, 6) is 0.573. The molecule has 24 heavy (non-hydrogen) atoms. The number of hydrogen-bond acceptors (Lipinski definition) is 4. The summed E-state index contributed by atoms with van der Waals surface area (Å²) in [5, 5.41) is 2.95. The minimum absolute atomic E-state index is 0.0375. The molecule has 2 aromatic rings. The standard InChI is InChI=1S/C19H25N3O2/c1-14-5-7-15(8-6-14)17-22-16(13-24-17)9-12-21-18(23)19(20)10-3-2-4-11-19/h5-8,13H,2-4,9-12,20H2,1H3,(H,21,23). The molecule has 0 spiro atoms. The summed E-state index contributed by atoms with van der Waals surface area (Å²) >= 11 is 0. The SMILES string of the molecule is Cc1ccc(-c2nc(CCNC(=O)C3(N)CCCCC3)co2)cc1. The number of nitrogens with two attached hydrogens (primary N) is 1. The molecule has 5 heteroatoms. The summed E-state index contributed by atoms with van der Waals surface area (Å²) in [6.45, 7) is 2.57. The highest BCUT2D eigenvalue weighted by atomic mass is 16.3. The zero-order valence-electron chi connectivity index (χ0n) is 14.2. The van der Waals surface area contributed by atoms with E-state index in [1.165, 1.54) is 12.0 Å². The van der Waals surface area contributed by atoms with E-state index >= 15 is 0 Å². The summed E-state index contributed by atoms with van der Waals surface area (Å²) in [6.07, 6.45) is 7.09. The average molecular weight is 327 g/mol. The van der Waals surface area contributed by atoms with Crippen molar-refractivity contribution in [3.63, 3.8) is 0 Å². The van der Waals surface area contributed by atoms with Crippen LogP contribution in [0.4, 0.5) is 0 Å². The van der Waals surface area contributed by atoms with Crippen molar-refractivity contribution in [2.24, 2.45) is 5.73 Å². The van der Waals surface area contributed by atoms with Gasteiger partial charge in [-0.3, -0.25) is 4.79 Å². The van der Waals surface area contributed by atoms with E-state index in [1.807, 2.05) is 31.2 Å². The Kier molecular flexibility index (Phi) is 5.00. The van der Waals surface area contributed by atoms with Gasteiger partial charge in [0.1, 0.15) is 6.26 Å². The number of aromatic nitrogens is 1. The summed E-state index contributed by atoms with van der Waals surface area (Å²) in [4.78, 5) is 16.8. The number of carbonyl (C=O) groups is 1. The van der Waals surface area contributed by atoms with Crippen LogP contribution < -0.4 is 11.1 Å². The van der Waals surface area contributed by atoms with Gasteiger partial charge in [0.2, 0.25) is 11.8 Å². The minimum Gasteiger partial charge on any atom is -0.444 e. The van der Waals surface area contributed by atoms with Gasteiger partial charge in [-0.05, 0) is 31.9 Å². The lowest BCUT2D eigenvalue weighted by molar-refractivity contribution is -0.127. The molecular formula is C19H25N3O2. The fraction of sp³-hybridized carbons (Fsp3) is 0.474. The van der Waals surface area contributed by atoms with Gasteiger partial charge in [-0.15, -0.1) is 0 Å². The second-order valence-electron chi connectivity index (χ2n) is 6.73. The van der Waals surface area contributed by atoms with E-state index in [9.17, 15) is 4.79 Å². The molecule has 1 heterocycles. The zero-order valence-corrected chi connectivity index (χ0v) is 14.2. The fourth-order valence-corrected chi connectivity index (χ4v) is 3.14. The third kappa shape index (κ3) is 3.85. The van der Waals surface area contributed by atoms with Crippen LogP contribution in [0.1, 0.15) is 43.4 Å². The molecule has 3 rings (SSSR count). The first-order valence-corrected chi connectivity index (χ1v) is 8.65. The smallest absolute Gasteiger partial charge is 0.240 e. The molecule has 1 fully saturated rings. The van der Waals surface area contributed by atoms with Crippen LogP contribution in [0.2, 0.25) is 0 Å². The molecule has 1 aliphatic rings. The number of oxazole rings is 1. The highest BCUT2D eigenvalue weighted by molar-refractivity contribution is 5.86. The molecule has 1 aromatic heterocycles. The van der Waals surface area contributed by atoms with Crippen molar-refractivity contribution in [2.75, 3.05) is 6.54 Å². The van der Waals surface area contributed by atoms with Gasteiger partial charge in [-0.2, -0.15) is 0 Å². The first-order chi connectivity index (χ1) is 11.6. The Morgan fingerprint density at radius 2 is 1.96 bits per heavy atom. The van der Waals surface area contributed by atoms with Crippen LogP contribution >= 0.6 is 0 Å². The van der Waals surface area contributed by atoms with Crippen molar-refractivity contribution in [1.29, 1.82) is 0 Å². The van der Waals surface area contributed by atoms with Gasteiger partial charge in [0.05, 0.1) is 11.2 Å². The van der Waals surface area contributed by atoms with Crippen LogP contribution in [0.15, 0.2) is 34.9 Å². The maximum absolute atomic E-state index is 12.3. The highest BCUT2D eigenvalue weighted by Crippen LogP contribution is 2.26. The summed E-state index contributed by atoms with van der Waals surface area (Å²) in [5.41, 5.74) is 8.53. The summed E-state index contributed by atoms with van der Waals surface area (Å²) in [6, 6.07) is 8.05. The van der Waals surface area contributed by atoms with E-state index in [1.54, 1.807) is 6.26 Å². The lowest BCUT2D eigenvalue weighted by atomic mass is 9.82. The molecule has 0 bridgehead atoms. The van der Waals surface area contributed by atoms with Gasteiger partial charge < -0.3 is 15.5 Å². The molecule has 1 saturated carbocycles. The maximum Gasteiger partial charge on any atom is 0.240 e. The highest BCUT2D eigenvalue weighted by Gasteiger charge is 2.34. The number of nitrogens with one attached hydrogen (secondary N) is 1. The number of benzene rings is 1. The summed E-state index contributed by atoms with van der Waals surface area (Å²) in [7, 11) is 0. The quantitative estimate of drug-likeness (QED) is 0.884. The van der Waals surface area contributed by atoms with Crippen molar-refractivity contribution >= 4 is 5.91 Å². The number of aryl methyl sites for hydroxylation is 1. The van der Waals surface area contributed by atoms with Crippen LogP contribution in [-0.4, -0.2) is 23.0 Å². The molecule has 5 nitrogen and oxygen atoms in total. The van der Waals surface area contributed by atoms with Crippen LogP contribution in [0.25, 0.3) is 11.5 Å². The van der Waals surface area contributed by atoms with Crippen molar-refractivity contribution in [3.05, 3.63) is 41.8 Å². The van der Waals surface area contributed by atoms with Crippen molar-refractivity contribution < 1.29 is 9.21 Å². The largest absolute Gasteiger partial charge is 0.444 e. The number of hydrogen-bond donors (Lipinski definition) is 2. The van der Waals surface area contributed by atoms with E-state index in [0.29, 0.717) is 18.9 Å². The molecule has 3 N–H and O–H groups in total. The van der Waals surface area contributed by atoms with Crippen LogP contribution in [0, 0.1) is 6.92 Å². The topological polar surface area (TPSA) is 81.2 Å². The molecule has 1 aromatic carbocycles. The lowest BCUT2D eigenvalue weighted by Gasteiger charge is -2.31. The zero-order chi connectivity index (χ0) is 17.0. The van der Waals surface area contributed by atoms with Gasteiger partial charge in [-0.25, -0.2) is 4.98 Å². The first kappa shape index (κ1) is 16.7. The Morgan fingerprint density at radius 3 is 2.67 bits per heavy atom. The Labute approximate surface area is 142 Å². The third-order valence-corrected chi connectivity index (χ3v) is 4.71. The number of rotatable bonds is 5. The monoisotopic (exact) mass is 327 g/mol. The average Bonchev–Trinajstić information content (AvgIpc) is 3.05. The van der Waals surface area contributed by atoms with Crippen LogP contribution in [0.3, 0.4) is 0 Å². The number of amides is 1. The van der Waals surface area contributed by atoms with E-state index < -0.39 is 5.54 Å². The molecule has 0 atom stereocenters. The summed E-state index contributed by atoms with van der Waals surface area (Å²) < 4.78 is 5.54. The molecule has 1 aliphatic carbocycles. The second kappa shape index (κ2) is 7.18. The number of carbonyl (C=O) groups excluding carboxylic acids is 1. The third-order valence-electron chi connectivity index (χ3n) is 4.71. The second-order valence-corrected chi connectivity index (χ2v) is 6.73. The maximum atomic E-state index is 12.3. The van der Waals surface area contributed by atoms with Gasteiger partial charge in [0, 0.05) is 18.5 Å². The Bertz CT molecular complexity index is 685. The van der Waals surface area contributed by atoms with E-state index in [0.717, 1.165) is 36.9 Å². The first-order valence-electron chi connectivity index (χ1n) is 8.65. The molecule has 0 saturated heterocycles. The van der Waals surface area contributed by atoms with E-state index in [-0.39, 0.29) is 5.91 Å². The number of nitrogens with zero attached hydrogens (tertiary/aromatic N) is 1. The van der Waals surface area contributed by atoms with Crippen LogP contribution in [0.5, 0.6) is 0 Å². The Hall–Kier alpha value is -2.14. The van der Waals surface area contributed by atoms with Gasteiger partial charge in [0.25, 0.3) is 0 Å². The van der Waals surface area contributed by atoms with Crippen LogP contribution in [-0.2, 0) is 11.2 Å². The van der Waals surface area contributed by atoms with Crippen molar-refractivity contribution in [3.8, 4) is 11.5 Å². The van der Waals surface area contributed by atoms with Gasteiger partial charge in [-0.1, -0.05) is 37.0 Å². The van der Waals surface area contributed by atoms with E-state index in [2.05, 4.69) is 10.3 Å². The molecule has 1 amide bonds. The van der Waals surface area contributed by atoms with Gasteiger partial charge in [0.15, 0.2) is 0 Å². The molecule has 0 unspecified atom stereocenters. The van der Waals surface area contributed by atoms with E-state index in [4.69, 9.17) is 10.2 Å². The fourth-order valence-electron chi connectivity index (χ4n) is 3.14.